The first-order valence-electron chi connectivity index (χ1n) is 7.25. The smallest absolute Gasteiger partial charge is 0.265 e. The van der Waals surface area contributed by atoms with Crippen LogP contribution >= 0.6 is 0 Å². The zero-order valence-corrected chi connectivity index (χ0v) is 11.7. The van der Waals surface area contributed by atoms with Crippen LogP contribution in [0.2, 0.25) is 0 Å². The highest BCUT2D eigenvalue weighted by atomic mass is 19.3. The van der Waals surface area contributed by atoms with Gasteiger partial charge in [0, 0.05) is 29.4 Å². The third-order valence-corrected chi connectivity index (χ3v) is 4.41. The number of hydrogen-bond acceptors (Lipinski definition) is 3. The van der Waals surface area contributed by atoms with E-state index in [1.54, 1.807) is 6.07 Å². The molecule has 1 aromatic carbocycles. The first-order chi connectivity index (χ1) is 10.1. The Balaban J connectivity index is 1.88. The number of anilines is 1. The molecule has 21 heavy (non-hydrogen) atoms. The van der Waals surface area contributed by atoms with Crippen LogP contribution in [-0.2, 0) is 0 Å². The fourth-order valence-corrected chi connectivity index (χ4v) is 3.09. The second-order valence-corrected chi connectivity index (χ2v) is 5.81. The van der Waals surface area contributed by atoms with E-state index in [2.05, 4.69) is 5.10 Å². The minimum Gasteiger partial charge on any atom is -0.398 e. The van der Waals surface area contributed by atoms with Gasteiger partial charge in [-0.2, -0.15) is 5.10 Å². The molecule has 0 bridgehead atoms. The average molecular weight is 295 g/mol. The molecule has 3 rings (SSSR count). The first-order valence-corrected chi connectivity index (χ1v) is 7.25. The van der Waals surface area contributed by atoms with Crippen molar-refractivity contribution < 1.29 is 13.9 Å². The van der Waals surface area contributed by atoms with Gasteiger partial charge in [0.05, 0.1) is 11.6 Å². The summed E-state index contributed by atoms with van der Waals surface area (Å²) in [5, 5.41) is 14.4. The summed E-state index contributed by atoms with van der Waals surface area (Å²) in [4.78, 5) is 0. The molecule has 1 aliphatic carbocycles. The van der Waals surface area contributed by atoms with Crippen LogP contribution < -0.4 is 5.73 Å². The fourth-order valence-electron chi connectivity index (χ4n) is 3.09. The molecular formula is C15H19F2N3O. The molecule has 3 N–H and O–H groups in total. The van der Waals surface area contributed by atoms with E-state index in [0.717, 1.165) is 31.1 Å². The first kappa shape index (κ1) is 14.3. The number of nitrogens with zero attached hydrogens (tertiary/aromatic N) is 2. The molecule has 1 aromatic heterocycles. The van der Waals surface area contributed by atoms with Crippen molar-refractivity contribution in [3.05, 3.63) is 23.9 Å². The van der Waals surface area contributed by atoms with E-state index in [9.17, 15) is 8.78 Å². The van der Waals surface area contributed by atoms with E-state index >= 15 is 0 Å². The van der Waals surface area contributed by atoms with Gasteiger partial charge in [0.2, 0.25) is 0 Å². The lowest BCUT2D eigenvalue weighted by Gasteiger charge is -2.27. The Morgan fingerprint density at radius 1 is 1.29 bits per heavy atom. The number of benzene rings is 1. The summed E-state index contributed by atoms with van der Waals surface area (Å²) in [5.41, 5.74) is 6.18. The van der Waals surface area contributed by atoms with Crippen molar-refractivity contribution >= 4 is 16.6 Å². The third kappa shape index (κ3) is 2.72. The fraction of sp³-hybridized carbons (Fsp3) is 0.533. The molecule has 0 aliphatic heterocycles. The lowest BCUT2D eigenvalue weighted by Crippen LogP contribution is -2.20. The van der Waals surface area contributed by atoms with E-state index in [1.165, 1.54) is 6.07 Å². The predicted octanol–water partition coefficient (Wildman–Crippen LogP) is 3.28. The zero-order valence-electron chi connectivity index (χ0n) is 11.7. The SMILES string of the molecule is Nc1cc2cn([C@H]3CC[C@H](CO)CC3)nc2cc1C(F)F. The Morgan fingerprint density at radius 2 is 2.00 bits per heavy atom. The van der Waals surface area contributed by atoms with Gasteiger partial charge in [-0.3, -0.25) is 4.68 Å². The van der Waals surface area contributed by atoms with E-state index in [4.69, 9.17) is 10.8 Å². The maximum absolute atomic E-state index is 12.9. The summed E-state index contributed by atoms with van der Waals surface area (Å²) in [6, 6.07) is 3.22. The van der Waals surface area contributed by atoms with Gasteiger partial charge in [-0.05, 0) is 43.7 Å². The molecule has 0 spiro atoms. The van der Waals surface area contributed by atoms with Gasteiger partial charge in [-0.1, -0.05) is 0 Å². The number of aliphatic hydroxyl groups excluding tert-OH is 1. The second-order valence-electron chi connectivity index (χ2n) is 5.81. The van der Waals surface area contributed by atoms with Gasteiger partial charge in [0.25, 0.3) is 6.43 Å². The number of nitrogens with two attached hydrogens (primary N) is 1. The monoisotopic (exact) mass is 295 g/mol. The number of halogens is 2. The van der Waals surface area contributed by atoms with E-state index in [0.29, 0.717) is 11.4 Å². The van der Waals surface area contributed by atoms with Crippen LogP contribution in [0.15, 0.2) is 18.3 Å². The number of aliphatic hydroxyl groups is 1. The molecule has 114 valence electrons. The van der Waals surface area contributed by atoms with E-state index < -0.39 is 6.43 Å². The topological polar surface area (TPSA) is 64.1 Å². The Bertz CT molecular complexity index is 633. The Kier molecular flexibility index (Phi) is 3.80. The summed E-state index contributed by atoms with van der Waals surface area (Å²) in [5.74, 6) is 0.382. The van der Waals surface area contributed by atoms with Gasteiger partial charge >= 0.3 is 0 Å². The number of alkyl halides is 2. The maximum Gasteiger partial charge on any atom is 0.265 e. The van der Waals surface area contributed by atoms with Crippen molar-refractivity contribution in [3.8, 4) is 0 Å². The van der Waals surface area contributed by atoms with E-state index in [-0.39, 0.29) is 23.9 Å². The maximum atomic E-state index is 12.9. The Labute approximate surface area is 121 Å². The summed E-state index contributed by atoms with van der Waals surface area (Å²) in [6.45, 7) is 0.238. The molecule has 0 atom stereocenters. The third-order valence-electron chi connectivity index (χ3n) is 4.41. The van der Waals surface area contributed by atoms with Gasteiger partial charge in [-0.15, -0.1) is 0 Å². The van der Waals surface area contributed by atoms with Crippen LogP contribution in [0.4, 0.5) is 14.5 Å². The molecule has 0 unspecified atom stereocenters. The highest BCUT2D eigenvalue weighted by molar-refractivity contribution is 5.83. The zero-order chi connectivity index (χ0) is 15.0. The second kappa shape index (κ2) is 5.60. The van der Waals surface area contributed by atoms with Crippen molar-refractivity contribution in [1.29, 1.82) is 0 Å². The van der Waals surface area contributed by atoms with Crippen molar-refractivity contribution in [1.82, 2.24) is 9.78 Å². The largest absolute Gasteiger partial charge is 0.398 e. The van der Waals surface area contributed by atoms with Crippen molar-refractivity contribution in [2.75, 3.05) is 12.3 Å². The molecule has 0 saturated heterocycles. The number of fused-ring (bicyclic) bond motifs is 1. The molecule has 4 nitrogen and oxygen atoms in total. The van der Waals surface area contributed by atoms with Crippen molar-refractivity contribution in [2.24, 2.45) is 5.92 Å². The number of nitrogen functional groups attached to an aromatic ring is 1. The van der Waals surface area contributed by atoms with Gasteiger partial charge in [0.15, 0.2) is 0 Å². The highest BCUT2D eigenvalue weighted by Gasteiger charge is 2.23. The molecule has 6 heteroatoms. The molecule has 0 amide bonds. The van der Waals surface area contributed by atoms with Crippen LogP contribution in [0.3, 0.4) is 0 Å². The minimum absolute atomic E-state index is 0.112. The molecular weight excluding hydrogens is 276 g/mol. The standard InChI is InChI=1S/C15H19F2N3O/c16-15(17)12-6-14-10(5-13(12)18)7-20(19-14)11-3-1-9(8-21)2-4-11/h5-7,9,11,15,21H,1-4,8,18H2/t9-,11-. The predicted molar refractivity (Wildman–Crippen MR) is 77.2 cm³/mol. The van der Waals surface area contributed by atoms with Crippen LogP contribution in [0.5, 0.6) is 0 Å². The van der Waals surface area contributed by atoms with Gasteiger partial charge < -0.3 is 10.8 Å². The van der Waals surface area contributed by atoms with Crippen LogP contribution in [0.1, 0.15) is 43.7 Å². The van der Waals surface area contributed by atoms with Crippen molar-refractivity contribution in [3.63, 3.8) is 0 Å². The molecule has 1 fully saturated rings. The minimum atomic E-state index is -2.58. The molecule has 1 saturated carbocycles. The quantitative estimate of drug-likeness (QED) is 0.854. The lowest BCUT2D eigenvalue weighted by molar-refractivity contribution is 0.152. The molecule has 1 aliphatic rings. The Morgan fingerprint density at radius 3 is 2.62 bits per heavy atom. The molecule has 2 aromatic rings. The normalized spacial score (nSPS) is 23.0. The van der Waals surface area contributed by atoms with Crippen molar-refractivity contribution in [2.45, 2.75) is 38.2 Å². The molecule has 1 heterocycles. The van der Waals surface area contributed by atoms with Gasteiger partial charge in [0.1, 0.15) is 0 Å². The molecule has 0 radical (unpaired) electrons. The highest BCUT2D eigenvalue weighted by Crippen LogP contribution is 2.34. The Hall–Kier alpha value is -1.69. The average Bonchev–Trinajstić information content (AvgIpc) is 2.89. The summed E-state index contributed by atoms with van der Waals surface area (Å²) < 4.78 is 27.6. The number of hydrogen-bond donors (Lipinski definition) is 2. The summed E-state index contributed by atoms with van der Waals surface area (Å²) >= 11 is 0. The van der Waals surface area contributed by atoms with E-state index in [1.807, 2.05) is 10.9 Å². The van der Waals surface area contributed by atoms with Crippen LogP contribution in [0, 0.1) is 5.92 Å². The number of aromatic nitrogens is 2. The summed E-state index contributed by atoms with van der Waals surface area (Å²) in [7, 11) is 0. The van der Waals surface area contributed by atoms with Crippen LogP contribution in [0.25, 0.3) is 10.9 Å². The number of rotatable bonds is 3. The summed E-state index contributed by atoms with van der Waals surface area (Å²) in [6.07, 6.45) is 3.15. The van der Waals surface area contributed by atoms with Crippen LogP contribution in [-0.4, -0.2) is 21.5 Å². The lowest BCUT2D eigenvalue weighted by atomic mass is 9.87. The van der Waals surface area contributed by atoms with Gasteiger partial charge in [-0.25, -0.2) is 8.78 Å².